The molecule has 0 fully saturated rings. The number of hydrogen-bond acceptors (Lipinski definition) is 4. The van der Waals surface area contributed by atoms with Crippen LogP contribution in [0.4, 0.5) is 0 Å². The van der Waals surface area contributed by atoms with Gasteiger partial charge in [0.15, 0.2) is 6.61 Å². The Labute approximate surface area is 138 Å². The first-order chi connectivity index (χ1) is 10.9. The van der Waals surface area contributed by atoms with E-state index in [2.05, 4.69) is 0 Å². The first-order valence-electron chi connectivity index (χ1n) is 6.80. The summed E-state index contributed by atoms with van der Waals surface area (Å²) in [6.07, 6.45) is 0. The maximum Gasteiger partial charge on any atom is 0.349 e. The number of benzene rings is 2. The number of esters is 1. The number of rotatable bonds is 5. The van der Waals surface area contributed by atoms with E-state index in [9.17, 15) is 9.59 Å². The number of carbonyl (C=O) groups is 2. The fourth-order valence-corrected chi connectivity index (χ4v) is 2.07. The quantitative estimate of drug-likeness (QED) is 0.667. The summed E-state index contributed by atoms with van der Waals surface area (Å²) in [6, 6.07) is 9.03. The van der Waals surface area contributed by atoms with E-state index in [1.807, 2.05) is 13.8 Å². The number of ether oxygens (including phenoxy) is 2. The molecule has 0 unspecified atom stereocenters. The minimum Gasteiger partial charge on any atom is -0.482 e. The van der Waals surface area contributed by atoms with Crippen molar-refractivity contribution in [3.63, 3.8) is 0 Å². The van der Waals surface area contributed by atoms with Gasteiger partial charge in [-0.1, -0.05) is 11.6 Å². The van der Waals surface area contributed by atoms with Crippen molar-refractivity contribution in [2.75, 3.05) is 6.61 Å². The second-order valence-electron chi connectivity index (χ2n) is 4.96. The van der Waals surface area contributed by atoms with Crippen LogP contribution in [-0.4, -0.2) is 23.7 Å². The lowest BCUT2D eigenvalue weighted by molar-refractivity contribution is -0.136. The molecule has 0 saturated heterocycles. The van der Waals surface area contributed by atoms with Crippen molar-refractivity contribution in [2.24, 2.45) is 0 Å². The van der Waals surface area contributed by atoms with Gasteiger partial charge in [0.1, 0.15) is 11.5 Å². The molecule has 0 aromatic heterocycles. The van der Waals surface area contributed by atoms with Crippen LogP contribution < -0.4 is 9.47 Å². The molecule has 5 nitrogen and oxygen atoms in total. The summed E-state index contributed by atoms with van der Waals surface area (Å²) in [5.74, 6) is -0.840. The molecule has 2 aromatic carbocycles. The summed E-state index contributed by atoms with van der Waals surface area (Å²) in [4.78, 5) is 22.5. The summed E-state index contributed by atoms with van der Waals surface area (Å²) in [5.41, 5.74) is 1.84. The minimum absolute atomic E-state index is 0.119. The third-order valence-corrected chi connectivity index (χ3v) is 3.70. The second-order valence-corrected chi connectivity index (χ2v) is 5.34. The van der Waals surface area contributed by atoms with Crippen molar-refractivity contribution in [3.8, 4) is 11.5 Å². The maximum absolute atomic E-state index is 11.8. The molecule has 0 aliphatic rings. The third kappa shape index (κ3) is 4.47. The van der Waals surface area contributed by atoms with Crippen molar-refractivity contribution in [1.29, 1.82) is 0 Å². The molecule has 6 heteroatoms. The molecular formula is C17H15ClO5. The Morgan fingerprint density at radius 2 is 1.61 bits per heavy atom. The van der Waals surface area contributed by atoms with E-state index < -0.39 is 11.9 Å². The fourth-order valence-electron chi connectivity index (χ4n) is 1.96. The lowest BCUT2D eigenvalue weighted by Crippen LogP contribution is -2.17. The topological polar surface area (TPSA) is 72.8 Å². The number of hydrogen-bond donors (Lipinski definition) is 1. The second kappa shape index (κ2) is 7.15. The van der Waals surface area contributed by atoms with Crippen LogP contribution in [0.1, 0.15) is 21.5 Å². The van der Waals surface area contributed by atoms with Crippen molar-refractivity contribution in [2.45, 2.75) is 13.8 Å². The minimum atomic E-state index is -1.04. The monoisotopic (exact) mass is 334 g/mol. The van der Waals surface area contributed by atoms with E-state index in [0.29, 0.717) is 10.8 Å². The Kier molecular flexibility index (Phi) is 5.24. The van der Waals surface area contributed by atoms with Crippen LogP contribution in [-0.2, 0) is 4.79 Å². The van der Waals surface area contributed by atoms with Crippen molar-refractivity contribution in [3.05, 3.63) is 58.1 Å². The van der Waals surface area contributed by atoms with Crippen molar-refractivity contribution < 1.29 is 24.2 Å². The normalized spacial score (nSPS) is 10.2. The first-order valence-corrected chi connectivity index (χ1v) is 7.18. The number of carboxylic acids is 1. The molecule has 23 heavy (non-hydrogen) atoms. The van der Waals surface area contributed by atoms with Gasteiger partial charge in [0.25, 0.3) is 0 Å². The number of carbonyl (C=O) groups excluding carboxylic acids is 1. The highest BCUT2D eigenvalue weighted by atomic mass is 35.5. The Morgan fingerprint density at radius 1 is 1.04 bits per heavy atom. The van der Waals surface area contributed by atoms with Crippen LogP contribution in [0.25, 0.3) is 0 Å². The molecule has 1 N–H and O–H groups in total. The van der Waals surface area contributed by atoms with Gasteiger partial charge in [-0.25, -0.2) is 9.59 Å². The van der Waals surface area contributed by atoms with Gasteiger partial charge >= 0.3 is 11.9 Å². The summed E-state index contributed by atoms with van der Waals surface area (Å²) < 4.78 is 10.5. The summed E-state index contributed by atoms with van der Waals surface area (Å²) in [6.45, 7) is 3.44. The zero-order valence-electron chi connectivity index (χ0n) is 12.6. The molecule has 0 bridgehead atoms. The van der Waals surface area contributed by atoms with Gasteiger partial charge in [0.05, 0.1) is 5.56 Å². The highest BCUT2D eigenvalue weighted by Crippen LogP contribution is 2.25. The van der Waals surface area contributed by atoms with Gasteiger partial charge < -0.3 is 14.6 Å². The van der Waals surface area contributed by atoms with E-state index in [-0.39, 0.29) is 17.9 Å². The van der Waals surface area contributed by atoms with Gasteiger partial charge in [-0.2, -0.15) is 0 Å². The van der Waals surface area contributed by atoms with Gasteiger partial charge in [0, 0.05) is 5.02 Å². The maximum atomic E-state index is 11.8. The summed E-state index contributed by atoms with van der Waals surface area (Å²) in [5, 5.41) is 9.46. The standard InChI is InChI=1S/C17H15ClO5/c1-10-7-14(8-11(2)16(10)18)22-9-15(19)23-13-5-3-12(4-6-13)17(20)21/h3-8H,9H2,1-2H3,(H,20,21). The Morgan fingerprint density at radius 3 is 2.13 bits per heavy atom. The predicted octanol–water partition coefficient (Wildman–Crippen LogP) is 3.64. The van der Waals surface area contributed by atoms with Crippen molar-refractivity contribution in [1.82, 2.24) is 0 Å². The van der Waals surface area contributed by atoms with Gasteiger partial charge in [-0.05, 0) is 61.4 Å². The van der Waals surface area contributed by atoms with Gasteiger partial charge in [-0.3, -0.25) is 0 Å². The average molecular weight is 335 g/mol. The average Bonchev–Trinajstić information content (AvgIpc) is 2.51. The zero-order valence-corrected chi connectivity index (χ0v) is 13.4. The molecule has 0 heterocycles. The van der Waals surface area contributed by atoms with E-state index >= 15 is 0 Å². The number of carboxylic acid groups (broad SMARTS) is 1. The van der Waals surface area contributed by atoms with E-state index in [1.165, 1.54) is 24.3 Å². The Bertz CT molecular complexity index is 714. The Hall–Kier alpha value is -2.53. The number of aryl methyl sites for hydroxylation is 2. The molecule has 2 rings (SSSR count). The van der Waals surface area contributed by atoms with Crippen LogP contribution in [0.3, 0.4) is 0 Å². The molecule has 0 aliphatic heterocycles. The molecule has 0 atom stereocenters. The first kappa shape index (κ1) is 16.8. The van der Waals surface area contributed by atoms with Crippen molar-refractivity contribution >= 4 is 23.5 Å². The molecule has 0 radical (unpaired) electrons. The van der Waals surface area contributed by atoms with E-state index in [4.69, 9.17) is 26.2 Å². The molecule has 2 aromatic rings. The highest BCUT2D eigenvalue weighted by molar-refractivity contribution is 6.32. The Balaban J connectivity index is 1.93. The summed E-state index contributed by atoms with van der Waals surface area (Å²) in [7, 11) is 0. The lowest BCUT2D eigenvalue weighted by atomic mass is 10.1. The van der Waals surface area contributed by atoms with Gasteiger partial charge in [0.2, 0.25) is 0 Å². The molecule has 0 amide bonds. The SMILES string of the molecule is Cc1cc(OCC(=O)Oc2ccc(C(=O)O)cc2)cc(C)c1Cl. The van der Waals surface area contributed by atoms with Gasteiger partial charge in [-0.15, -0.1) is 0 Å². The van der Waals surface area contributed by atoms with E-state index in [0.717, 1.165) is 11.1 Å². The molecule has 0 aliphatic carbocycles. The number of aromatic carboxylic acids is 1. The number of halogens is 1. The lowest BCUT2D eigenvalue weighted by Gasteiger charge is -2.10. The summed E-state index contributed by atoms with van der Waals surface area (Å²) >= 11 is 6.07. The molecule has 0 saturated carbocycles. The third-order valence-electron chi connectivity index (χ3n) is 3.10. The van der Waals surface area contributed by atoms with E-state index in [1.54, 1.807) is 12.1 Å². The van der Waals surface area contributed by atoms with Crippen LogP contribution in [0, 0.1) is 13.8 Å². The molecule has 0 spiro atoms. The van der Waals surface area contributed by atoms with Crippen LogP contribution in [0.5, 0.6) is 11.5 Å². The van der Waals surface area contributed by atoms with Crippen LogP contribution >= 0.6 is 11.6 Å². The fraction of sp³-hybridized carbons (Fsp3) is 0.176. The zero-order chi connectivity index (χ0) is 17.0. The van der Waals surface area contributed by atoms with Crippen LogP contribution in [0.15, 0.2) is 36.4 Å². The molecular weight excluding hydrogens is 320 g/mol. The largest absolute Gasteiger partial charge is 0.482 e. The van der Waals surface area contributed by atoms with Crippen LogP contribution in [0.2, 0.25) is 5.02 Å². The highest BCUT2D eigenvalue weighted by Gasteiger charge is 2.09. The predicted molar refractivity (Wildman–Crippen MR) is 85.5 cm³/mol. The smallest absolute Gasteiger partial charge is 0.349 e. The molecule has 120 valence electrons.